The number of carbonyl (C=O) groups is 1. The average molecular weight is 446 g/mol. The van der Waals surface area contributed by atoms with Gasteiger partial charge in [-0.05, 0) is 68.0 Å². The zero-order valence-corrected chi connectivity index (χ0v) is 18.3. The van der Waals surface area contributed by atoms with Gasteiger partial charge in [-0.25, -0.2) is 4.98 Å². The van der Waals surface area contributed by atoms with Crippen LogP contribution in [-0.4, -0.2) is 56.8 Å². The topological polar surface area (TPSA) is 94.9 Å². The number of aromatic nitrogens is 1. The number of phenols is 1. The third-order valence-electron chi connectivity index (χ3n) is 8.57. The number of ether oxygens (including phenoxy) is 1. The summed E-state index contributed by atoms with van der Waals surface area (Å²) in [6.07, 6.45) is 7.21. The van der Waals surface area contributed by atoms with Gasteiger partial charge in [0.15, 0.2) is 11.5 Å². The maximum atomic E-state index is 13.3. The molecule has 5 aliphatic rings. The number of aromatic hydroxyl groups is 1. The van der Waals surface area contributed by atoms with Crippen LogP contribution >= 0.6 is 0 Å². The number of phenolic OH excluding ortho intramolecular Hbond substituents is 1. The molecule has 1 spiro atoms. The molecule has 1 saturated heterocycles. The highest BCUT2D eigenvalue weighted by atomic mass is 16.5. The molecule has 1 aromatic heterocycles. The smallest absolute Gasteiger partial charge is 0.252 e. The third kappa shape index (κ3) is 2.58. The second-order valence-corrected chi connectivity index (χ2v) is 10.3. The Hall–Kier alpha value is -2.90. The van der Waals surface area contributed by atoms with E-state index in [0.29, 0.717) is 29.5 Å². The van der Waals surface area contributed by atoms with Gasteiger partial charge in [0.2, 0.25) is 0 Å². The first kappa shape index (κ1) is 19.6. The van der Waals surface area contributed by atoms with Gasteiger partial charge in [0.05, 0.1) is 11.0 Å². The molecule has 0 unspecified atom stereocenters. The Morgan fingerprint density at radius 3 is 2.94 bits per heavy atom. The highest BCUT2D eigenvalue weighted by Gasteiger charge is 2.71. The number of anilines is 1. The predicted octanol–water partition coefficient (Wildman–Crippen LogP) is 2.53. The van der Waals surface area contributed by atoms with Crippen LogP contribution in [0.15, 0.2) is 48.2 Å². The molecule has 2 aromatic rings. The molecule has 1 saturated carbocycles. The molecule has 3 N–H and O–H groups in total. The number of hydrogen-bond donors (Lipinski definition) is 3. The number of nitrogens with zero attached hydrogens (tertiary/aromatic N) is 2. The van der Waals surface area contributed by atoms with E-state index in [1.807, 2.05) is 18.2 Å². The first-order chi connectivity index (χ1) is 16.0. The summed E-state index contributed by atoms with van der Waals surface area (Å²) in [5, 5.41) is 26.0. The van der Waals surface area contributed by atoms with Gasteiger partial charge in [0.25, 0.3) is 5.91 Å². The summed E-state index contributed by atoms with van der Waals surface area (Å²) >= 11 is 0. The lowest BCUT2D eigenvalue weighted by Gasteiger charge is -2.62. The second-order valence-electron chi connectivity index (χ2n) is 10.3. The molecule has 7 rings (SSSR count). The van der Waals surface area contributed by atoms with E-state index in [4.69, 9.17) is 4.74 Å². The van der Waals surface area contributed by atoms with E-state index in [-0.39, 0.29) is 24.1 Å². The van der Waals surface area contributed by atoms with E-state index in [1.165, 1.54) is 12.8 Å². The highest BCUT2D eigenvalue weighted by molar-refractivity contribution is 6.03. The zero-order chi connectivity index (χ0) is 22.4. The SMILES string of the molecule is O=C(Nc1ccccn1)C1=C[C@@H]2Oc3c(O)ccc4c3[C@@]23CCN(CC2CC2)[C@H](C4)[C@]3(O)C1. The van der Waals surface area contributed by atoms with Crippen molar-refractivity contribution >= 4 is 11.7 Å². The first-order valence-electron chi connectivity index (χ1n) is 11.9. The molecule has 3 aliphatic carbocycles. The fraction of sp³-hybridized carbons (Fsp3) is 0.462. The Morgan fingerprint density at radius 2 is 2.15 bits per heavy atom. The third-order valence-corrected chi connectivity index (χ3v) is 8.57. The van der Waals surface area contributed by atoms with Crippen molar-refractivity contribution in [2.24, 2.45) is 5.92 Å². The van der Waals surface area contributed by atoms with Crippen molar-refractivity contribution in [2.45, 2.75) is 55.3 Å². The quantitative estimate of drug-likeness (QED) is 0.670. The molecule has 2 bridgehead atoms. The van der Waals surface area contributed by atoms with E-state index in [1.54, 1.807) is 24.4 Å². The lowest BCUT2D eigenvalue weighted by molar-refractivity contribution is -0.165. The van der Waals surface area contributed by atoms with Crippen LogP contribution in [0.5, 0.6) is 11.5 Å². The van der Waals surface area contributed by atoms with E-state index < -0.39 is 17.1 Å². The molecule has 4 atom stereocenters. The van der Waals surface area contributed by atoms with Crippen LogP contribution in [-0.2, 0) is 16.6 Å². The monoisotopic (exact) mass is 445 g/mol. The van der Waals surface area contributed by atoms with Crippen molar-refractivity contribution in [1.82, 2.24) is 9.88 Å². The van der Waals surface area contributed by atoms with Crippen LogP contribution in [0.1, 0.15) is 36.8 Å². The number of aliphatic hydroxyl groups is 1. The van der Waals surface area contributed by atoms with Gasteiger partial charge >= 0.3 is 0 Å². The van der Waals surface area contributed by atoms with Crippen molar-refractivity contribution in [2.75, 3.05) is 18.4 Å². The lowest BCUT2D eigenvalue weighted by atomic mass is 9.49. The van der Waals surface area contributed by atoms with E-state index in [0.717, 1.165) is 30.6 Å². The normalized spacial score (nSPS) is 33.7. The summed E-state index contributed by atoms with van der Waals surface area (Å²) < 4.78 is 6.33. The molecule has 2 aliphatic heterocycles. The maximum absolute atomic E-state index is 13.3. The maximum Gasteiger partial charge on any atom is 0.252 e. The van der Waals surface area contributed by atoms with Crippen LogP contribution in [0.3, 0.4) is 0 Å². The van der Waals surface area contributed by atoms with Crippen molar-refractivity contribution in [1.29, 1.82) is 0 Å². The second kappa shape index (κ2) is 6.58. The predicted molar refractivity (Wildman–Crippen MR) is 121 cm³/mol. The standard InChI is InChI=1S/C26H27N3O4/c30-18-7-6-16-11-19-26(32)13-17(24(31)28-21-3-1-2-9-27-21)12-20-25(26,22(16)23(18)33-20)8-10-29(19)14-15-4-5-15/h1-3,6-7,9,12,15,19-20,30,32H,4-5,8,10-11,13-14H2,(H,27,28,31)/t19-,20+,25-,26-/m1/s1. The summed E-state index contributed by atoms with van der Waals surface area (Å²) in [5.74, 6) is 1.50. The molecule has 2 fully saturated rings. The van der Waals surface area contributed by atoms with Crippen LogP contribution in [0, 0.1) is 5.92 Å². The molecular weight excluding hydrogens is 418 g/mol. The van der Waals surface area contributed by atoms with Crippen molar-refractivity contribution in [3.8, 4) is 11.5 Å². The summed E-state index contributed by atoms with van der Waals surface area (Å²) in [7, 11) is 0. The van der Waals surface area contributed by atoms with Crippen molar-refractivity contribution in [3.05, 3.63) is 59.3 Å². The fourth-order valence-electron chi connectivity index (χ4n) is 6.91. The summed E-state index contributed by atoms with van der Waals surface area (Å²) in [6, 6.07) is 8.97. The number of likely N-dealkylation sites (tertiary alicyclic amines) is 1. The number of piperidine rings is 1. The van der Waals surface area contributed by atoms with Gasteiger partial charge in [0, 0.05) is 36.3 Å². The molecule has 3 heterocycles. The summed E-state index contributed by atoms with van der Waals surface area (Å²) in [5.41, 5.74) is 0.821. The molecule has 7 heteroatoms. The molecule has 7 nitrogen and oxygen atoms in total. The largest absolute Gasteiger partial charge is 0.504 e. The minimum atomic E-state index is -1.15. The summed E-state index contributed by atoms with van der Waals surface area (Å²) in [6.45, 7) is 1.88. The van der Waals surface area contributed by atoms with Gasteiger partial charge in [-0.15, -0.1) is 0 Å². The Balaban J connectivity index is 1.34. The number of rotatable bonds is 4. The lowest BCUT2D eigenvalue weighted by Crippen LogP contribution is -2.75. The van der Waals surface area contributed by atoms with Gasteiger partial charge in [-0.3, -0.25) is 9.69 Å². The minimum absolute atomic E-state index is 0.0905. The Kier molecular flexibility index (Phi) is 3.90. The summed E-state index contributed by atoms with van der Waals surface area (Å²) in [4.78, 5) is 19.9. The van der Waals surface area contributed by atoms with E-state index >= 15 is 0 Å². The Bertz CT molecular complexity index is 1190. The Morgan fingerprint density at radius 1 is 1.27 bits per heavy atom. The number of hydrogen-bond acceptors (Lipinski definition) is 6. The van der Waals surface area contributed by atoms with Crippen LogP contribution in [0.4, 0.5) is 5.82 Å². The van der Waals surface area contributed by atoms with Gasteiger partial charge in [-0.2, -0.15) is 0 Å². The van der Waals surface area contributed by atoms with Gasteiger partial charge in [0.1, 0.15) is 11.9 Å². The fourth-order valence-corrected chi connectivity index (χ4v) is 6.91. The highest BCUT2D eigenvalue weighted by Crippen LogP contribution is 2.65. The van der Waals surface area contributed by atoms with Crippen LogP contribution in [0.2, 0.25) is 0 Å². The number of amides is 1. The molecule has 1 amide bonds. The molecule has 0 radical (unpaired) electrons. The van der Waals surface area contributed by atoms with Gasteiger partial charge < -0.3 is 20.3 Å². The van der Waals surface area contributed by atoms with Crippen LogP contribution in [0.25, 0.3) is 0 Å². The van der Waals surface area contributed by atoms with Gasteiger partial charge in [-0.1, -0.05) is 12.1 Å². The molecule has 33 heavy (non-hydrogen) atoms. The van der Waals surface area contributed by atoms with E-state index in [2.05, 4.69) is 15.2 Å². The molecule has 170 valence electrons. The number of carbonyl (C=O) groups excluding carboxylic acids is 1. The molecular formula is C26H27N3O4. The number of benzene rings is 1. The average Bonchev–Trinajstić information content (AvgIpc) is 3.55. The van der Waals surface area contributed by atoms with Crippen LogP contribution < -0.4 is 10.1 Å². The van der Waals surface area contributed by atoms with E-state index in [9.17, 15) is 15.0 Å². The Labute approximate surface area is 192 Å². The minimum Gasteiger partial charge on any atom is -0.504 e. The zero-order valence-electron chi connectivity index (χ0n) is 18.3. The first-order valence-corrected chi connectivity index (χ1v) is 11.9. The molecule has 1 aromatic carbocycles. The number of pyridine rings is 1. The van der Waals surface area contributed by atoms with Crippen molar-refractivity contribution in [3.63, 3.8) is 0 Å². The number of nitrogens with one attached hydrogen (secondary N) is 1. The van der Waals surface area contributed by atoms with Crippen molar-refractivity contribution < 1.29 is 19.7 Å².